The first-order valence-electron chi connectivity index (χ1n) is 11.2. The largest absolute Gasteiger partial charge is 0.508 e. The fraction of sp³-hybridized carbons (Fsp3) is 0.667. The molecule has 0 aromatic heterocycles. The molecule has 1 radical (unpaired) electrons. The zero-order chi connectivity index (χ0) is 21.3. The van der Waals surface area contributed by atoms with Gasteiger partial charge in [-0.2, -0.15) is 0 Å². The number of hydrogen-bond acceptors (Lipinski definition) is 4. The van der Waals surface area contributed by atoms with Crippen molar-refractivity contribution in [3.8, 4) is 5.75 Å². The van der Waals surface area contributed by atoms with Crippen molar-refractivity contribution in [3.05, 3.63) is 29.3 Å². The molecule has 0 aliphatic heterocycles. The summed E-state index contributed by atoms with van der Waals surface area (Å²) in [7, 11) is 1.49. The Balaban J connectivity index is 2.01. The van der Waals surface area contributed by atoms with E-state index in [0.29, 0.717) is 5.75 Å². The van der Waals surface area contributed by atoms with E-state index >= 15 is 0 Å². The Morgan fingerprint density at radius 3 is 2.79 bits per heavy atom. The number of nitrogens with zero attached hydrogens (tertiary/aromatic N) is 1. The van der Waals surface area contributed by atoms with Gasteiger partial charge in [0, 0.05) is 0 Å². The predicted molar refractivity (Wildman–Crippen MR) is 121 cm³/mol. The molecule has 1 atom stereocenters. The maximum Gasteiger partial charge on any atom is 0.204 e. The fourth-order valence-electron chi connectivity index (χ4n) is 4.11. The third kappa shape index (κ3) is 7.20. The topological polar surface area (TPSA) is 58.9 Å². The van der Waals surface area contributed by atoms with Crippen LogP contribution in [0.15, 0.2) is 23.4 Å². The Kier molecular flexibility index (Phi) is 9.26. The van der Waals surface area contributed by atoms with Gasteiger partial charge in [0.15, 0.2) is 6.61 Å². The lowest BCUT2D eigenvalue weighted by Gasteiger charge is -2.28. The SMILES string of the molecule is C[B]C(=O)CO/N=C1/CCCC(c2ccc(C(C)(C)CCCCCC)cc2O)C1. The molecule has 0 bridgehead atoms. The van der Waals surface area contributed by atoms with Crippen LogP contribution in [0.3, 0.4) is 0 Å². The summed E-state index contributed by atoms with van der Waals surface area (Å²) >= 11 is 0. The van der Waals surface area contributed by atoms with Crippen LogP contribution in [0.25, 0.3) is 0 Å². The third-order valence-corrected chi connectivity index (χ3v) is 6.13. The molecule has 1 aromatic rings. The highest BCUT2D eigenvalue weighted by Crippen LogP contribution is 2.39. The normalized spacial score (nSPS) is 18.6. The lowest BCUT2D eigenvalue weighted by Crippen LogP contribution is -2.18. The van der Waals surface area contributed by atoms with Gasteiger partial charge in [-0.05, 0) is 60.6 Å². The number of carbonyl (C=O) groups is 1. The van der Waals surface area contributed by atoms with Crippen molar-refractivity contribution < 1.29 is 14.7 Å². The Labute approximate surface area is 177 Å². The average Bonchev–Trinajstić information content (AvgIpc) is 2.71. The Hall–Kier alpha value is -1.78. The van der Waals surface area contributed by atoms with Crippen LogP contribution in [0.5, 0.6) is 5.75 Å². The van der Waals surface area contributed by atoms with E-state index in [1.165, 1.54) is 38.5 Å². The summed E-state index contributed by atoms with van der Waals surface area (Å²) in [6.45, 7) is 8.47. The molecule has 2 rings (SSSR count). The maximum absolute atomic E-state index is 11.3. The molecule has 0 amide bonds. The molecule has 29 heavy (non-hydrogen) atoms. The second kappa shape index (κ2) is 11.4. The molecule has 5 heteroatoms. The Bertz CT molecular complexity index is 699. The first-order chi connectivity index (χ1) is 13.9. The van der Waals surface area contributed by atoms with Gasteiger partial charge in [0.1, 0.15) is 11.4 Å². The van der Waals surface area contributed by atoms with Crippen LogP contribution in [0.1, 0.15) is 95.6 Å². The number of phenols is 1. The van der Waals surface area contributed by atoms with E-state index in [1.807, 2.05) is 6.07 Å². The fourth-order valence-corrected chi connectivity index (χ4v) is 4.11. The van der Waals surface area contributed by atoms with Crippen molar-refractivity contribution in [1.29, 1.82) is 0 Å². The van der Waals surface area contributed by atoms with Crippen LogP contribution in [-0.4, -0.2) is 30.4 Å². The van der Waals surface area contributed by atoms with Crippen LogP contribution in [0.4, 0.5) is 0 Å². The van der Waals surface area contributed by atoms with Crippen LogP contribution in [0.2, 0.25) is 6.82 Å². The minimum Gasteiger partial charge on any atom is -0.508 e. The zero-order valence-electron chi connectivity index (χ0n) is 18.7. The third-order valence-electron chi connectivity index (χ3n) is 6.13. The van der Waals surface area contributed by atoms with E-state index in [2.05, 4.69) is 38.1 Å². The summed E-state index contributed by atoms with van der Waals surface area (Å²) in [6.07, 6.45) is 9.90. The van der Waals surface area contributed by atoms with Crippen molar-refractivity contribution >= 4 is 18.7 Å². The summed E-state index contributed by atoms with van der Waals surface area (Å²) < 4.78 is 0. The summed E-state index contributed by atoms with van der Waals surface area (Å²) in [5.41, 5.74) is 3.19. The van der Waals surface area contributed by atoms with Gasteiger partial charge in [-0.15, -0.1) is 0 Å². The molecule has 159 valence electrons. The monoisotopic (exact) mass is 398 g/mol. The highest BCUT2D eigenvalue weighted by Gasteiger charge is 2.25. The van der Waals surface area contributed by atoms with E-state index in [1.54, 1.807) is 6.82 Å². The number of oxime groups is 1. The van der Waals surface area contributed by atoms with Crippen LogP contribution < -0.4 is 0 Å². The minimum atomic E-state index is -0.0627. The smallest absolute Gasteiger partial charge is 0.204 e. The van der Waals surface area contributed by atoms with E-state index in [0.717, 1.165) is 43.4 Å². The molecule has 1 aliphatic rings. The van der Waals surface area contributed by atoms with Gasteiger partial charge >= 0.3 is 0 Å². The van der Waals surface area contributed by atoms with Gasteiger partial charge in [0.25, 0.3) is 0 Å². The summed E-state index contributed by atoms with van der Waals surface area (Å²) in [6, 6.07) is 6.25. The molecule has 0 spiro atoms. The first kappa shape index (κ1) is 23.5. The van der Waals surface area contributed by atoms with Crippen LogP contribution in [0, 0.1) is 0 Å². The van der Waals surface area contributed by atoms with Crippen LogP contribution in [-0.2, 0) is 15.0 Å². The van der Waals surface area contributed by atoms with Crippen LogP contribution >= 0.6 is 0 Å². The Morgan fingerprint density at radius 1 is 1.31 bits per heavy atom. The molecular formula is C24H37BNO3. The van der Waals surface area contributed by atoms with E-state index in [-0.39, 0.29) is 23.6 Å². The number of unbranched alkanes of at least 4 members (excludes halogenated alkanes) is 3. The number of rotatable bonds is 11. The molecule has 1 fully saturated rings. The number of carbonyl (C=O) groups excluding carboxylic acids is 1. The molecule has 1 N–H and O–H groups in total. The van der Waals surface area contributed by atoms with E-state index in [4.69, 9.17) is 4.84 Å². The van der Waals surface area contributed by atoms with Crippen molar-refractivity contribution in [2.45, 2.75) is 96.7 Å². The Morgan fingerprint density at radius 2 is 2.10 bits per heavy atom. The maximum atomic E-state index is 11.3. The van der Waals surface area contributed by atoms with Crippen molar-refractivity contribution in [2.24, 2.45) is 5.16 Å². The lowest BCUT2D eigenvalue weighted by atomic mass is 9.77. The highest BCUT2D eigenvalue weighted by molar-refractivity contribution is 6.73. The van der Waals surface area contributed by atoms with Gasteiger partial charge in [0.05, 0.1) is 5.71 Å². The first-order valence-corrected chi connectivity index (χ1v) is 11.2. The number of phenolic OH excluding ortho intramolecular Hbond substituents is 1. The van der Waals surface area contributed by atoms with Gasteiger partial charge in [0.2, 0.25) is 7.28 Å². The molecule has 4 nitrogen and oxygen atoms in total. The molecule has 1 unspecified atom stereocenters. The average molecular weight is 398 g/mol. The standard InChI is InChI=1S/C24H37BNO3/c1-5-6-7-8-14-24(2,3)19-12-13-21(22(27)16-19)18-10-9-11-20(15-18)26-29-17-23(28)25-4/h12-13,16,18,27H,5-11,14-15,17H2,1-4H3/b26-20-. The van der Waals surface area contributed by atoms with Gasteiger partial charge < -0.3 is 14.7 Å². The molecule has 0 saturated heterocycles. The molecular weight excluding hydrogens is 361 g/mol. The second-order valence-electron chi connectivity index (χ2n) is 8.95. The number of hydrogen-bond donors (Lipinski definition) is 1. The quantitative estimate of drug-likeness (QED) is 0.285. The van der Waals surface area contributed by atoms with Crippen molar-refractivity contribution in [3.63, 3.8) is 0 Å². The zero-order valence-corrected chi connectivity index (χ0v) is 18.7. The van der Waals surface area contributed by atoms with E-state index < -0.39 is 0 Å². The number of benzene rings is 1. The summed E-state index contributed by atoms with van der Waals surface area (Å²) in [4.78, 5) is 16.5. The second-order valence-corrected chi connectivity index (χ2v) is 8.95. The van der Waals surface area contributed by atoms with E-state index in [9.17, 15) is 9.90 Å². The predicted octanol–water partition coefficient (Wildman–Crippen LogP) is 5.95. The summed E-state index contributed by atoms with van der Waals surface area (Å²) in [5.74, 6) is 0.647. The van der Waals surface area contributed by atoms with Gasteiger partial charge in [-0.25, -0.2) is 0 Å². The highest BCUT2D eigenvalue weighted by atomic mass is 16.6. The molecule has 1 aromatic carbocycles. The van der Waals surface area contributed by atoms with Gasteiger partial charge in [-0.3, -0.25) is 0 Å². The molecule has 0 heterocycles. The summed E-state index contributed by atoms with van der Waals surface area (Å²) in [5, 5.41) is 14.9. The number of aromatic hydroxyl groups is 1. The minimum absolute atomic E-state index is 0.00203. The van der Waals surface area contributed by atoms with Gasteiger partial charge in [-0.1, -0.05) is 70.6 Å². The molecule has 1 saturated carbocycles. The molecule has 1 aliphatic carbocycles. The van der Waals surface area contributed by atoms with Crippen molar-refractivity contribution in [2.75, 3.05) is 6.61 Å². The lowest BCUT2D eigenvalue weighted by molar-refractivity contribution is -0.116. The van der Waals surface area contributed by atoms with Crippen molar-refractivity contribution in [1.82, 2.24) is 0 Å².